The third kappa shape index (κ3) is 13.5. The molecule has 0 aliphatic rings. The zero-order valence-electron chi connectivity index (χ0n) is 20.5. The van der Waals surface area contributed by atoms with Gasteiger partial charge in [-0.2, -0.15) is 0 Å². The summed E-state index contributed by atoms with van der Waals surface area (Å²) >= 11 is 0. The van der Waals surface area contributed by atoms with Crippen LogP contribution in [-0.4, -0.2) is 43.3 Å². The molecule has 0 amide bonds. The van der Waals surface area contributed by atoms with Crippen LogP contribution in [0, 0.1) is 0 Å². The van der Waals surface area contributed by atoms with Crippen molar-refractivity contribution in [2.75, 3.05) is 0 Å². The Morgan fingerprint density at radius 3 is 1.27 bits per heavy atom. The van der Waals surface area contributed by atoms with E-state index in [0.717, 1.165) is 23.3 Å². The number of carbonyl (C=O) groups is 2. The van der Waals surface area contributed by atoms with Crippen molar-refractivity contribution in [2.45, 2.75) is 27.1 Å². The molecule has 0 aliphatic heterocycles. The number of ether oxygens (including phenoxy) is 2. The average Bonchev–Trinajstić information content (AvgIpc) is 2.85. The van der Waals surface area contributed by atoms with Gasteiger partial charge in [0.25, 0.3) is 0 Å². The first-order valence-corrected chi connectivity index (χ1v) is 10.7. The Bertz CT molecular complexity index is 1060. The van der Waals surface area contributed by atoms with Crippen LogP contribution in [0.2, 0.25) is 0 Å². The van der Waals surface area contributed by atoms with Gasteiger partial charge in [0.2, 0.25) is 0 Å². The van der Waals surface area contributed by atoms with Crippen LogP contribution < -0.4 is 0 Å². The van der Waals surface area contributed by atoms with Crippen molar-refractivity contribution < 1.29 is 55.9 Å². The third-order valence-electron chi connectivity index (χ3n) is 4.29. The van der Waals surface area contributed by atoms with Crippen LogP contribution in [0.25, 0.3) is 0 Å². The van der Waals surface area contributed by atoms with Gasteiger partial charge in [-0.15, -0.1) is 0 Å². The minimum absolute atomic E-state index is 0. The molecule has 2 rings (SSSR count). The molecule has 0 atom stereocenters. The molecule has 0 spiro atoms. The summed E-state index contributed by atoms with van der Waals surface area (Å²) in [6.45, 7) is 9.84. The Hall–Kier alpha value is -4.20. The van der Waals surface area contributed by atoms with Crippen LogP contribution >= 0.6 is 0 Å². The Morgan fingerprint density at radius 2 is 1.03 bits per heavy atom. The molecular weight excluding hydrogens is 528 g/mol. The average molecular weight is 558 g/mol. The second-order valence-electron chi connectivity index (χ2n) is 7.36. The van der Waals surface area contributed by atoms with E-state index in [9.17, 15) is 19.2 Å². The minimum atomic E-state index is -0.479. The summed E-state index contributed by atoms with van der Waals surface area (Å²) in [4.78, 5) is 41.0. The Kier molecular flexibility index (Phi) is 15.3. The fourth-order valence-corrected chi connectivity index (χ4v) is 2.53. The second-order valence-corrected chi connectivity index (χ2v) is 7.36. The number of rotatable bonds is 10. The van der Waals surface area contributed by atoms with Crippen molar-refractivity contribution in [3.8, 4) is 0 Å². The smallest absolute Gasteiger partial charge is 0.350 e. The maximum atomic E-state index is 10.9. The van der Waals surface area contributed by atoms with E-state index in [0.29, 0.717) is 11.1 Å². The molecule has 37 heavy (non-hydrogen) atoms. The van der Waals surface area contributed by atoms with E-state index in [1.807, 2.05) is 0 Å². The number of hydrogen-bond donors (Lipinski definition) is 2. The summed E-state index contributed by atoms with van der Waals surface area (Å²) in [5.41, 5.74) is 2.74. The number of ketones is 2. The number of esters is 2. The summed E-state index contributed by atoms with van der Waals surface area (Å²) in [7, 11) is 0. The SMILES string of the molecule is C=CC(=O)OCc1ccc(C(=[OH+])/C=C(/C)O)cc1.C=CC(=O)OCc1ccc(C(=[OH+])/C=C(/C)O)cc1.[Cu]. The van der Waals surface area contributed by atoms with Gasteiger partial charge in [0, 0.05) is 29.2 Å². The molecular formula is C28H30CuO8+2. The number of allylic oxidation sites excluding steroid dienone is 4. The second kappa shape index (κ2) is 17.3. The van der Waals surface area contributed by atoms with Crippen molar-refractivity contribution in [1.82, 2.24) is 0 Å². The van der Waals surface area contributed by atoms with Gasteiger partial charge in [-0.05, 0) is 49.2 Å². The van der Waals surface area contributed by atoms with Crippen LogP contribution in [0.4, 0.5) is 0 Å². The topological polar surface area (TPSA) is 136 Å². The predicted octanol–water partition coefficient (Wildman–Crippen LogP) is 4.54. The molecule has 4 N–H and O–H groups in total. The van der Waals surface area contributed by atoms with Crippen LogP contribution in [0.15, 0.2) is 97.5 Å². The van der Waals surface area contributed by atoms with Crippen molar-refractivity contribution >= 4 is 23.5 Å². The number of benzene rings is 2. The molecule has 199 valence electrons. The van der Waals surface area contributed by atoms with Crippen LogP contribution in [-0.2, 0) is 49.3 Å². The molecule has 2 aromatic rings. The fraction of sp³-hybridized carbons (Fsp3) is 0.143. The van der Waals surface area contributed by atoms with Crippen molar-refractivity contribution in [3.05, 3.63) is 120 Å². The normalized spacial score (nSPS) is 10.5. The zero-order chi connectivity index (χ0) is 27.1. The zero-order valence-corrected chi connectivity index (χ0v) is 21.4. The largest absolute Gasteiger partial charge is 0.512 e. The fourth-order valence-electron chi connectivity index (χ4n) is 2.53. The molecule has 0 heterocycles. The van der Waals surface area contributed by atoms with Gasteiger partial charge >= 0.3 is 23.5 Å². The van der Waals surface area contributed by atoms with Crippen LogP contribution in [0.3, 0.4) is 0 Å². The van der Waals surface area contributed by atoms with Gasteiger partial charge in [0.1, 0.15) is 13.2 Å². The van der Waals surface area contributed by atoms with Gasteiger partial charge in [0.05, 0.1) is 34.8 Å². The van der Waals surface area contributed by atoms with E-state index >= 15 is 0 Å². The first-order valence-electron chi connectivity index (χ1n) is 10.7. The monoisotopic (exact) mass is 557 g/mol. The standard InChI is InChI=1S/2C14H14O4.Cu/c2*1-3-14(17)18-9-11-4-6-12(7-5-11)13(16)8-10(2)15;/h2*3-8,15H,1,9H2,2H3;/p+2/b2*10-8-;. The number of aliphatic hydroxyl groups is 2. The van der Waals surface area contributed by atoms with Gasteiger partial charge in [-0.1, -0.05) is 37.4 Å². The molecule has 0 bridgehead atoms. The number of carbonyl (C=O) groups excluding carboxylic acids is 4. The summed E-state index contributed by atoms with van der Waals surface area (Å²) < 4.78 is 9.73. The van der Waals surface area contributed by atoms with Gasteiger partial charge in [-0.3, -0.25) is 9.59 Å². The summed E-state index contributed by atoms with van der Waals surface area (Å²) in [6, 6.07) is 13.6. The molecule has 0 aromatic heterocycles. The molecule has 9 heteroatoms. The summed E-state index contributed by atoms with van der Waals surface area (Å²) in [5, 5.41) is 18.0. The van der Waals surface area contributed by atoms with Crippen LogP contribution in [0.1, 0.15) is 36.1 Å². The van der Waals surface area contributed by atoms with Crippen molar-refractivity contribution in [3.63, 3.8) is 0 Å². The van der Waals surface area contributed by atoms with E-state index in [2.05, 4.69) is 13.2 Å². The van der Waals surface area contributed by atoms with E-state index in [4.69, 9.17) is 19.7 Å². The van der Waals surface area contributed by atoms with Crippen LogP contribution in [0.5, 0.6) is 0 Å². The Labute approximate surface area is 226 Å². The first kappa shape index (κ1) is 32.8. The Morgan fingerprint density at radius 1 is 0.730 bits per heavy atom. The number of aliphatic hydroxyl groups excluding tert-OH is 2. The predicted molar refractivity (Wildman–Crippen MR) is 138 cm³/mol. The van der Waals surface area contributed by atoms with Gasteiger partial charge in [0.15, 0.2) is 0 Å². The molecule has 0 fully saturated rings. The molecule has 1 radical (unpaired) electrons. The maximum absolute atomic E-state index is 10.9. The minimum Gasteiger partial charge on any atom is -0.512 e. The summed E-state index contributed by atoms with van der Waals surface area (Å²) in [6.07, 6.45) is 4.71. The summed E-state index contributed by atoms with van der Waals surface area (Å²) in [5.74, 6) is -0.957. The molecule has 2 aromatic carbocycles. The molecule has 8 nitrogen and oxygen atoms in total. The van der Waals surface area contributed by atoms with Gasteiger partial charge in [-0.25, -0.2) is 9.59 Å². The maximum Gasteiger partial charge on any atom is 0.350 e. The van der Waals surface area contributed by atoms with Gasteiger partial charge < -0.3 is 19.7 Å². The molecule has 0 saturated carbocycles. The van der Waals surface area contributed by atoms with E-state index in [1.165, 1.54) is 26.0 Å². The third-order valence-corrected chi connectivity index (χ3v) is 4.29. The van der Waals surface area contributed by atoms with E-state index in [1.54, 1.807) is 48.5 Å². The molecule has 0 saturated heterocycles. The van der Waals surface area contributed by atoms with E-state index in [-0.39, 0.29) is 53.4 Å². The quantitative estimate of drug-likeness (QED) is 0.110. The van der Waals surface area contributed by atoms with E-state index < -0.39 is 11.9 Å². The number of hydrogen-bond acceptors (Lipinski definition) is 6. The van der Waals surface area contributed by atoms with Crippen molar-refractivity contribution in [2.24, 2.45) is 0 Å². The van der Waals surface area contributed by atoms with Crippen molar-refractivity contribution in [1.29, 1.82) is 0 Å². The Balaban J connectivity index is 0.000000682. The first-order chi connectivity index (χ1) is 17.0. The molecule has 0 aliphatic carbocycles. The molecule has 0 unspecified atom stereocenters.